The third-order valence-electron chi connectivity index (χ3n) is 4.93. The lowest BCUT2D eigenvalue weighted by atomic mass is 10.0. The number of aromatic nitrogens is 1. The first-order valence-corrected chi connectivity index (χ1v) is 9.15. The van der Waals surface area contributed by atoms with Gasteiger partial charge in [-0.2, -0.15) is 0 Å². The highest BCUT2D eigenvalue weighted by Crippen LogP contribution is 2.36. The molecule has 0 aliphatic carbocycles. The van der Waals surface area contributed by atoms with Gasteiger partial charge in [-0.3, -0.25) is 4.79 Å². The molecule has 0 fully saturated rings. The molecule has 0 saturated heterocycles. The number of methoxy groups -OCH3 is 1. The number of hydrogen-bond donors (Lipinski definition) is 0. The largest absolute Gasteiger partial charge is 0.495 e. The molecule has 138 valence electrons. The number of aryl methyl sites for hydroxylation is 2. The van der Waals surface area contributed by atoms with E-state index in [-0.39, 0.29) is 12.3 Å². The van der Waals surface area contributed by atoms with Crippen molar-refractivity contribution in [2.24, 2.45) is 0 Å². The SMILES string of the molecule is COc1cccc2c1N(C(=O)Cc1nc(-c3ccccc3)oc1C)CCC2. The van der Waals surface area contributed by atoms with E-state index in [9.17, 15) is 4.79 Å². The van der Waals surface area contributed by atoms with Gasteiger partial charge in [0.25, 0.3) is 0 Å². The van der Waals surface area contributed by atoms with Crippen LogP contribution in [0.15, 0.2) is 52.9 Å². The number of anilines is 1. The highest BCUT2D eigenvalue weighted by Gasteiger charge is 2.27. The fraction of sp³-hybridized carbons (Fsp3) is 0.273. The Labute approximate surface area is 158 Å². The summed E-state index contributed by atoms with van der Waals surface area (Å²) in [6.45, 7) is 2.54. The van der Waals surface area contributed by atoms with Crippen molar-refractivity contribution in [2.75, 3.05) is 18.6 Å². The molecular formula is C22H22N2O3. The molecule has 3 aromatic rings. The smallest absolute Gasteiger partial charge is 0.233 e. The zero-order valence-corrected chi connectivity index (χ0v) is 15.6. The number of oxazole rings is 1. The second-order valence-electron chi connectivity index (χ2n) is 6.68. The zero-order chi connectivity index (χ0) is 18.8. The monoisotopic (exact) mass is 362 g/mol. The van der Waals surface area contributed by atoms with E-state index in [1.165, 1.54) is 0 Å². The molecule has 0 N–H and O–H groups in total. The number of carbonyl (C=O) groups excluding carboxylic acids is 1. The van der Waals surface area contributed by atoms with Crippen molar-refractivity contribution in [1.29, 1.82) is 0 Å². The Bertz CT molecular complexity index is 949. The number of fused-ring (bicyclic) bond motifs is 1. The van der Waals surface area contributed by atoms with Crippen LogP contribution in [-0.2, 0) is 17.6 Å². The van der Waals surface area contributed by atoms with Crippen LogP contribution < -0.4 is 9.64 Å². The van der Waals surface area contributed by atoms with Crippen molar-refractivity contribution < 1.29 is 13.9 Å². The van der Waals surface area contributed by atoms with Gasteiger partial charge in [-0.05, 0) is 43.5 Å². The van der Waals surface area contributed by atoms with E-state index < -0.39 is 0 Å². The average Bonchev–Trinajstić information content (AvgIpc) is 3.08. The Morgan fingerprint density at radius 3 is 2.78 bits per heavy atom. The summed E-state index contributed by atoms with van der Waals surface area (Å²) in [5, 5.41) is 0. The third kappa shape index (κ3) is 3.33. The van der Waals surface area contributed by atoms with Gasteiger partial charge < -0.3 is 14.1 Å². The number of rotatable bonds is 4. The lowest BCUT2D eigenvalue weighted by molar-refractivity contribution is -0.118. The van der Waals surface area contributed by atoms with Crippen molar-refractivity contribution in [1.82, 2.24) is 4.98 Å². The Kier molecular flexibility index (Phi) is 4.67. The van der Waals surface area contributed by atoms with Crippen molar-refractivity contribution >= 4 is 11.6 Å². The van der Waals surface area contributed by atoms with Gasteiger partial charge in [-0.25, -0.2) is 4.98 Å². The molecular weight excluding hydrogens is 340 g/mol. The Morgan fingerprint density at radius 2 is 2.00 bits per heavy atom. The number of carbonyl (C=O) groups is 1. The highest BCUT2D eigenvalue weighted by atomic mass is 16.5. The Balaban J connectivity index is 1.61. The number of para-hydroxylation sites is 1. The molecule has 4 rings (SSSR count). The maximum Gasteiger partial charge on any atom is 0.233 e. The standard InChI is InChI=1S/C22H22N2O3/c1-15-18(23-22(27-15)17-8-4-3-5-9-17)14-20(25)24-13-7-11-16-10-6-12-19(26-2)21(16)24/h3-6,8-10,12H,7,11,13-14H2,1-2H3. The van der Waals surface area contributed by atoms with E-state index in [0.29, 0.717) is 23.9 Å². The molecule has 2 heterocycles. The molecule has 0 spiro atoms. The summed E-state index contributed by atoms with van der Waals surface area (Å²) in [7, 11) is 1.64. The van der Waals surface area contributed by atoms with Gasteiger partial charge in [0.1, 0.15) is 11.5 Å². The summed E-state index contributed by atoms with van der Waals surface area (Å²) < 4.78 is 11.3. The van der Waals surface area contributed by atoms with Crippen LogP contribution in [0.5, 0.6) is 5.75 Å². The van der Waals surface area contributed by atoms with Crippen LogP contribution in [0.1, 0.15) is 23.4 Å². The van der Waals surface area contributed by atoms with Crippen molar-refractivity contribution in [3.8, 4) is 17.2 Å². The number of ether oxygens (including phenoxy) is 1. The minimum absolute atomic E-state index is 0.0106. The second kappa shape index (κ2) is 7.27. The molecule has 5 heteroatoms. The Morgan fingerprint density at radius 1 is 1.19 bits per heavy atom. The molecule has 1 aliphatic heterocycles. The molecule has 1 aromatic heterocycles. The number of amides is 1. The minimum Gasteiger partial charge on any atom is -0.495 e. The van der Waals surface area contributed by atoms with Crippen molar-refractivity contribution in [3.63, 3.8) is 0 Å². The van der Waals surface area contributed by atoms with Gasteiger partial charge in [0, 0.05) is 12.1 Å². The molecule has 1 amide bonds. The lowest BCUT2D eigenvalue weighted by Crippen LogP contribution is -2.37. The van der Waals surface area contributed by atoms with Crippen LogP contribution in [0, 0.1) is 6.92 Å². The maximum absolute atomic E-state index is 13.1. The van der Waals surface area contributed by atoms with E-state index in [1.807, 2.05) is 54.3 Å². The summed E-state index contributed by atoms with van der Waals surface area (Å²) >= 11 is 0. The summed E-state index contributed by atoms with van der Waals surface area (Å²) in [5.41, 5.74) is 3.63. The molecule has 2 aromatic carbocycles. The lowest BCUT2D eigenvalue weighted by Gasteiger charge is -2.30. The average molecular weight is 362 g/mol. The van der Waals surface area contributed by atoms with E-state index >= 15 is 0 Å². The first-order chi connectivity index (χ1) is 13.2. The maximum atomic E-state index is 13.1. The van der Waals surface area contributed by atoms with Crippen LogP contribution in [0.4, 0.5) is 5.69 Å². The normalized spacial score (nSPS) is 13.3. The molecule has 0 unspecified atom stereocenters. The first kappa shape index (κ1) is 17.3. The molecule has 0 saturated carbocycles. The minimum atomic E-state index is 0.0106. The highest BCUT2D eigenvalue weighted by molar-refractivity contribution is 5.97. The summed E-state index contributed by atoms with van der Waals surface area (Å²) in [5.74, 6) is 1.98. The van der Waals surface area contributed by atoms with Crippen molar-refractivity contribution in [2.45, 2.75) is 26.2 Å². The van der Waals surface area contributed by atoms with Gasteiger partial charge in [-0.1, -0.05) is 30.3 Å². The van der Waals surface area contributed by atoms with E-state index in [0.717, 1.165) is 35.4 Å². The topological polar surface area (TPSA) is 55.6 Å². The van der Waals surface area contributed by atoms with Crippen LogP contribution in [0.25, 0.3) is 11.5 Å². The van der Waals surface area contributed by atoms with Gasteiger partial charge in [0.2, 0.25) is 11.8 Å². The van der Waals surface area contributed by atoms with Gasteiger partial charge in [0.05, 0.1) is 24.9 Å². The molecule has 0 atom stereocenters. The molecule has 27 heavy (non-hydrogen) atoms. The predicted octanol–water partition coefficient (Wildman–Crippen LogP) is 4.18. The van der Waals surface area contributed by atoms with E-state index in [2.05, 4.69) is 11.1 Å². The number of benzene rings is 2. The quantitative estimate of drug-likeness (QED) is 0.699. The van der Waals surface area contributed by atoms with E-state index in [1.54, 1.807) is 7.11 Å². The van der Waals surface area contributed by atoms with Gasteiger partial charge >= 0.3 is 0 Å². The summed E-state index contributed by atoms with van der Waals surface area (Å²) in [6.07, 6.45) is 2.11. The van der Waals surface area contributed by atoms with Crippen molar-refractivity contribution in [3.05, 3.63) is 65.5 Å². The summed E-state index contributed by atoms with van der Waals surface area (Å²) in [4.78, 5) is 19.5. The van der Waals surface area contributed by atoms with Gasteiger partial charge in [0.15, 0.2) is 0 Å². The van der Waals surface area contributed by atoms with E-state index in [4.69, 9.17) is 9.15 Å². The molecule has 0 bridgehead atoms. The van der Waals surface area contributed by atoms with Crippen LogP contribution in [0.2, 0.25) is 0 Å². The molecule has 5 nitrogen and oxygen atoms in total. The Hall–Kier alpha value is -3.08. The third-order valence-corrected chi connectivity index (χ3v) is 4.93. The number of nitrogens with zero attached hydrogens (tertiary/aromatic N) is 2. The van der Waals surface area contributed by atoms with Crippen LogP contribution in [0.3, 0.4) is 0 Å². The molecule has 1 aliphatic rings. The summed E-state index contributed by atoms with van der Waals surface area (Å²) in [6, 6.07) is 15.7. The van der Waals surface area contributed by atoms with Crippen LogP contribution >= 0.6 is 0 Å². The van der Waals surface area contributed by atoms with Crippen LogP contribution in [-0.4, -0.2) is 24.5 Å². The fourth-order valence-corrected chi connectivity index (χ4v) is 3.56. The second-order valence-corrected chi connectivity index (χ2v) is 6.68. The number of hydrogen-bond acceptors (Lipinski definition) is 4. The molecule has 0 radical (unpaired) electrons. The first-order valence-electron chi connectivity index (χ1n) is 9.15. The zero-order valence-electron chi connectivity index (χ0n) is 15.6. The predicted molar refractivity (Wildman–Crippen MR) is 104 cm³/mol. The van der Waals surface area contributed by atoms with Gasteiger partial charge in [-0.15, -0.1) is 0 Å². The fourth-order valence-electron chi connectivity index (χ4n) is 3.56.